The van der Waals surface area contributed by atoms with E-state index in [-0.39, 0.29) is 45.9 Å². The van der Waals surface area contributed by atoms with Gasteiger partial charge >= 0.3 is 0 Å². The second-order valence-electron chi connectivity index (χ2n) is 12.1. The van der Waals surface area contributed by atoms with Crippen molar-refractivity contribution < 1.29 is 47.8 Å². The number of aliphatic hydroxyl groups is 3. The number of phenols is 1. The lowest BCUT2D eigenvalue weighted by Crippen LogP contribution is -2.65. The number of aromatic nitrogens is 1. The Morgan fingerprint density at radius 3 is 2.36 bits per heavy atom. The summed E-state index contributed by atoms with van der Waals surface area (Å²) in [6.07, 6.45) is 0.0269. The number of carbonyl (C=O) groups is 3. The van der Waals surface area contributed by atoms with Gasteiger partial charge in [-0.1, -0.05) is 5.16 Å². The number of Topliss-reactive ketones (excluding diaryl/α,β-unsaturated/α-hetero) is 2. The number of amides is 1. The number of rotatable bonds is 7. The summed E-state index contributed by atoms with van der Waals surface area (Å²) in [6, 6.07) is 0.362. The average Bonchev–Trinajstić information content (AvgIpc) is 3.28. The Balaban J connectivity index is 1.66. The molecule has 7 N–H and O–H groups in total. The van der Waals surface area contributed by atoms with Gasteiger partial charge in [-0.15, -0.1) is 0 Å². The maximum atomic E-state index is 14.1. The minimum absolute atomic E-state index is 0.0572. The molecule has 3 aliphatic rings. The molecule has 1 fully saturated rings. The van der Waals surface area contributed by atoms with Gasteiger partial charge in [0.2, 0.25) is 15.8 Å². The molecule has 242 valence electrons. The molecule has 15 nitrogen and oxygen atoms in total. The van der Waals surface area contributed by atoms with Crippen LogP contribution in [0.15, 0.2) is 32.4 Å². The smallest absolute Gasteiger partial charge is 0.255 e. The van der Waals surface area contributed by atoms with Crippen LogP contribution in [0, 0.1) is 25.7 Å². The predicted octanol–water partition coefficient (Wildman–Crippen LogP) is 0.113. The standard InChI is InChI=1S/C29H35N5O10S/c1-11-25(12(2)44-32-11)45(42,43)31-10-14-9-17(33(3)4)15-7-13-8-16-21(34(5)6)24(37)20(28(30)40)27(39)29(16,41)26(38)18(13)23(36)19(15)22(14)35/h9,13,16,21,31,35-36,39,41H,7-8,10H2,1-6H3,(H2,30,40)/t13-,16+,21-,29-/m1/s1. The summed E-state index contributed by atoms with van der Waals surface area (Å²) < 4.78 is 33.5. The topological polar surface area (TPSA) is 237 Å². The first-order valence-electron chi connectivity index (χ1n) is 14.0. The second-order valence-corrected chi connectivity index (χ2v) is 13.8. The van der Waals surface area contributed by atoms with Crippen molar-refractivity contribution in [1.82, 2.24) is 14.8 Å². The SMILES string of the molecule is Cc1noc(C)c1S(=O)(=O)NCc1cc(N(C)C)c2c(c1O)C(O)=C1C(=O)[C@@]3(O)C(O)=C(C(N)=O)C(=O)[C@H](N(C)C)[C@@H]3C[C@H]1C2. The first-order valence-corrected chi connectivity index (χ1v) is 15.5. The van der Waals surface area contributed by atoms with Gasteiger partial charge in [0.1, 0.15) is 33.4 Å². The number of primary amides is 1. The van der Waals surface area contributed by atoms with Crippen molar-refractivity contribution in [1.29, 1.82) is 0 Å². The predicted molar refractivity (Wildman–Crippen MR) is 159 cm³/mol. The molecular weight excluding hydrogens is 610 g/mol. The maximum Gasteiger partial charge on any atom is 0.255 e. The molecule has 3 aliphatic carbocycles. The zero-order valence-corrected chi connectivity index (χ0v) is 26.3. The van der Waals surface area contributed by atoms with Gasteiger partial charge in [-0.25, -0.2) is 13.1 Å². The van der Waals surface area contributed by atoms with Crippen LogP contribution in [0.2, 0.25) is 0 Å². The maximum absolute atomic E-state index is 14.1. The third-order valence-corrected chi connectivity index (χ3v) is 10.6. The van der Waals surface area contributed by atoms with E-state index in [4.69, 9.17) is 10.3 Å². The zero-order valence-electron chi connectivity index (χ0n) is 25.5. The lowest BCUT2D eigenvalue weighted by molar-refractivity contribution is -0.153. The molecule has 16 heteroatoms. The van der Waals surface area contributed by atoms with Crippen molar-refractivity contribution in [3.8, 4) is 5.75 Å². The molecule has 5 rings (SSSR count). The molecule has 45 heavy (non-hydrogen) atoms. The number of carbonyl (C=O) groups excluding carboxylic acids is 3. The number of aliphatic hydroxyl groups excluding tert-OH is 2. The minimum atomic E-state index is -4.14. The van der Waals surface area contributed by atoms with Crippen molar-refractivity contribution >= 4 is 38.9 Å². The Morgan fingerprint density at radius 1 is 1.18 bits per heavy atom. The number of likely N-dealkylation sites (N-methyl/N-ethyl adjacent to an activating group) is 1. The molecule has 0 spiro atoms. The van der Waals surface area contributed by atoms with Crippen LogP contribution in [0.3, 0.4) is 0 Å². The van der Waals surface area contributed by atoms with E-state index in [1.165, 1.54) is 32.8 Å². The summed E-state index contributed by atoms with van der Waals surface area (Å²) in [7, 11) is 2.33. The van der Waals surface area contributed by atoms with E-state index in [9.17, 15) is 43.2 Å². The molecule has 0 radical (unpaired) electrons. The van der Waals surface area contributed by atoms with E-state index in [0.717, 1.165) is 0 Å². The molecule has 1 amide bonds. The van der Waals surface area contributed by atoms with E-state index in [2.05, 4.69) is 9.88 Å². The minimum Gasteiger partial charge on any atom is -0.508 e. The highest BCUT2D eigenvalue weighted by atomic mass is 32.2. The van der Waals surface area contributed by atoms with Gasteiger partial charge in [-0.05, 0) is 58.3 Å². The molecule has 1 heterocycles. The van der Waals surface area contributed by atoms with Crippen LogP contribution in [-0.2, 0) is 37.4 Å². The number of hydrogen-bond acceptors (Lipinski definition) is 13. The number of ketones is 2. The molecular formula is C29H35N5O10S. The Morgan fingerprint density at radius 2 is 1.82 bits per heavy atom. The van der Waals surface area contributed by atoms with Gasteiger partial charge in [0, 0.05) is 43.4 Å². The first-order chi connectivity index (χ1) is 20.9. The monoisotopic (exact) mass is 645 g/mol. The number of nitrogens with one attached hydrogen (secondary N) is 1. The number of sulfonamides is 1. The third kappa shape index (κ3) is 4.62. The lowest BCUT2D eigenvalue weighted by atomic mass is 9.57. The highest BCUT2D eigenvalue weighted by molar-refractivity contribution is 7.89. The molecule has 0 saturated heterocycles. The molecule has 0 aliphatic heterocycles. The molecule has 0 unspecified atom stereocenters. The summed E-state index contributed by atoms with van der Waals surface area (Å²) in [6.45, 7) is 2.49. The lowest BCUT2D eigenvalue weighted by Gasteiger charge is -2.50. The van der Waals surface area contributed by atoms with E-state index in [1.54, 1.807) is 25.1 Å². The molecule has 1 aromatic heterocycles. The zero-order chi connectivity index (χ0) is 33.5. The number of nitrogens with two attached hydrogens (primary N) is 1. The number of benzene rings is 1. The number of aromatic hydroxyl groups is 1. The van der Waals surface area contributed by atoms with Crippen molar-refractivity contribution in [2.24, 2.45) is 17.6 Å². The second kappa shape index (κ2) is 10.7. The van der Waals surface area contributed by atoms with E-state index in [1.807, 2.05) is 0 Å². The summed E-state index contributed by atoms with van der Waals surface area (Å²) >= 11 is 0. The van der Waals surface area contributed by atoms with E-state index in [0.29, 0.717) is 11.3 Å². The molecule has 2 aromatic rings. The highest BCUT2D eigenvalue weighted by Gasteiger charge is 2.64. The number of nitrogens with zero attached hydrogens (tertiary/aromatic N) is 3. The fourth-order valence-electron chi connectivity index (χ4n) is 6.98. The number of fused-ring (bicyclic) bond motifs is 3. The van der Waals surface area contributed by atoms with Crippen LogP contribution < -0.4 is 15.4 Å². The Labute approximate surface area is 258 Å². The third-order valence-electron chi connectivity index (χ3n) is 8.95. The molecule has 1 aromatic carbocycles. The van der Waals surface area contributed by atoms with Gasteiger partial charge in [-0.3, -0.25) is 19.3 Å². The molecule has 1 saturated carbocycles. The Hall–Kier alpha value is -4.25. The van der Waals surface area contributed by atoms with Crippen molar-refractivity contribution in [2.75, 3.05) is 33.1 Å². The van der Waals surface area contributed by atoms with Crippen LogP contribution in [-0.4, -0.2) is 96.2 Å². The number of anilines is 1. The first kappa shape index (κ1) is 32.2. The Bertz CT molecular complexity index is 1820. The van der Waals surface area contributed by atoms with Crippen LogP contribution in [0.5, 0.6) is 5.75 Å². The quantitative estimate of drug-likeness (QED) is 0.220. The highest BCUT2D eigenvalue weighted by Crippen LogP contribution is 2.54. The fourth-order valence-corrected chi connectivity index (χ4v) is 8.31. The van der Waals surface area contributed by atoms with Gasteiger partial charge in [0.05, 0.1) is 11.6 Å². The van der Waals surface area contributed by atoms with Crippen LogP contribution in [0.4, 0.5) is 5.69 Å². The van der Waals surface area contributed by atoms with Gasteiger partial charge in [0.25, 0.3) is 5.91 Å². The largest absolute Gasteiger partial charge is 0.508 e. The van der Waals surface area contributed by atoms with Crippen LogP contribution >= 0.6 is 0 Å². The van der Waals surface area contributed by atoms with Crippen LogP contribution in [0.25, 0.3) is 5.76 Å². The summed E-state index contributed by atoms with van der Waals surface area (Å²) in [4.78, 5) is 42.6. The van der Waals surface area contributed by atoms with E-state index < -0.39 is 80.4 Å². The van der Waals surface area contributed by atoms with Crippen molar-refractivity contribution in [3.05, 3.63) is 51.1 Å². The van der Waals surface area contributed by atoms with E-state index >= 15 is 0 Å². The van der Waals surface area contributed by atoms with Gasteiger partial charge in [0.15, 0.2) is 17.1 Å². The Kier molecular flexibility index (Phi) is 7.63. The van der Waals surface area contributed by atoms with Crippen molar-refractivity contribution in [3.63, 3.8) is 0 Å². The normalized spacial score (nSPS) is 24.9. The fraction of sp³-hybridized carbons (Fsp3) is 0.448. The number of aryl methyl sites for hydroxylation is 2. The number of phenolic OH excluding ortho intramolecular Hbond substituents is 1. The summed E-state index contributed by atoms with van der Waals surface area (Å²) in [5.74, 6) is -7.56. The summed E-state index contributed by atoms with van der Waals surface area (Å²) in [5, 5.41) is 49.5. The average molecular weight is 646 g/mol. The molecule has 0 bridgehead atoms. The van der Waals surface area contributed by atoms with Gasteiger partial charge < -0.3 is 35.6 Å². The molecule has 4 atom stereocenters. The van der Waals surface area contributed by atoms with Gasteiger partial charge in [-0.2, -0.15) is 0 Å². The van der Waals surface area contributed by atoms with Crippen LogP contribution in [0.1, 0.15) is 34.6 Å². The number of hydrogen-bond donors (Lipinski definition) is 6. The van der Waals surface area contributed by atoms with Crippen molar-refractivity contribution in [2.45, 2.75) is 49.8 Å². The summed E-state index contributed by atoms with van der Waals surface area (Å²) in [5.41, 5.74) is 2.40.